The maximum atomic E-state index is 5.30. The van der Waals surface area contributed by atoms with Gasteiger partial charge in [0, 0.05) is 36.7 Å². The van der Waals surface area contributed by atoms with E-state index in [4.69, 9.17) is 4.98 Å². The second-order valence-corrected chi connectivity index (χ2v) is 25.2. The van der Waals surface area contributed by atoms with Crippen molar-refractivity contribution < 1.29 is 20.1 Å². The maximum Gasteiger partial charge on any atom is 0.0798 e. The van der Waals surface area contributed by atoms with E-state index in [-0.39, 0.29) is 20.1 Å². The summed E-state index contributed by atoms with van der Waals surface area (Å²) >= 11 is 1.84. The van der Waals surface area contributed by atoms with Gasteiger partial charge in [0.15, 0.2) is 0 Å². The predicted molar refractivity (Wildman–Crippen MR) is 277 cm³/mol. The Morgan fingerprint density at radius 1 is 0.662 bits per heavy atom. The minimum absolute atomic E-state index is 0. The third-order valence-corrected chi connectivity index (χ3v) is 15.3. The molecule has 0 bridgehead atoms. The van der Waals surface area contributed by atoms with E-state index in [1.165, 1.54) is 69.6 Å². The molecule has 1 radical (unpaired) electrons. The molecule has 0 aliphatic rings. The van der Waals surface area contributed by atoms with Crippen LogP contribution in [0.2, 0.25) is 19.6 Å². The van der Waals surface area contributed by atoms with Gasteiger partial charge in [-0.3, -0.25) is 9.97 Å². The molecular formula is C58H56IrN4SSi-2. The summed E-state index contributed by atoms with van der Waals surface area (Å²) in [5.74, 6) is 2.23. The average Bonchev–Trinajstić information content (AvgIpc) is 3.85. The van der Waals surface area contributed by atoms with E-state index in [0.29, 0.717) is 17.8 Å². The number of rotatable bonds is 9. The van der Waals surface area contributed by atoms with Gasteiger partial charge < -0.3 is 9.55 Å². The van der Waals surface area contributed by atoms with Gasteiger partial charge in [0.2, 0.25) is 0 Å². The van der Waals surface area contributed by atoms with Crippen molar-refractivity contribution in [3.63, 3.8) is 0 Å². The summed E-state index contributed by atoms with van der Waals surface area (Å²) < 4.78 is 4.97. The second-order valence-electron chi connectivity index (χ2n) is 19.1. The molecule has 10 rings (SSSR count). The maximum absolute atomic E-state index is 5.30. The van der Waals surface area contributed by atoms with Crippen LogP contribution in [0.15, 0.2) is 146 Å². The Morgan fingerprint density at radius 3 is 1.98 bits per heavy atom. The molecule has 0 saturated carbocycles. The first kappa shape index (κ1) is 46.0. The van der Waals surface area contributed by atoms with Crippen molar-refractivity contribution in [3.05, 3.63) is 175 Å². The molecule has 6 aromatic carbocycles. The quantitative estimate of drug-likeness (QED) is 0.107. The van der Waals surface area contributed by atoms with Gasteiger partial charge in [-0.15, -0.1) is 29.8 Å². The van der Waals surface area contributed by atoms with E-state index in [0.717, 1.165) is 40.1 Å². The fraction of sp³-hybridized carbons (Fsp3) is 0.224. The molecule has 0 aliphatic heterocycles. The van der Waals surface area contributed by atoms with Crippen molar-refractivity contribution in [2.24, 2.45) is 5.92 Å². The van der Waals surface area contributed by atoms with Crippen molar-refractivity contribution >= 4 is 66.6 Å². The van der Waals surface area contributed by atoms with E-state index < -0.39 is 8.07 Å². The van der Waals surface area contributed by atoms with Gasteiger partial charge in [0.1, 0.15) is 0 Å². The molecule has 0 saturated heterocycles. The molecule has 4 aromatic heterocycles. The fourth-order valence-electron chi connectivity index (χ4n) is 8.99. The van der Waals surface area contributed by atoms with Crippen LogP contribution in [0.4, 0.5) is 0 Å². The van der Waals surface area contributed by atoms with Crippen molar-refractivity contribution in [1.29, 1.82) is 0 Å². The Morgan fingerprint density at radius 2 is 1.32 bits per heavy atom. The Kier molecular flexibility index (Phi) is 13.5. The average molecular weight is 1060 g/mol. The summed E-state index contributed by atoms with van der Waals surface area (Å²) in [6.45, 7) is 20.9. The number of hydrogen-bond donors (Lipinski definition) is 0. The Bertz CT molecular complexity index is 3240. The van der Waals surface area contributed by atoms with E-state index in [1.807, 2.05) is 17.4 Å². The monoisotopic (exact) mass is 1060 g/mol. The smallest absolute Gasteiger partial charge is 0.0798 e. The summed E-state index contributed by atoms with van der Waals surface area (Å²) in [4.78, 5) is 14.0. The van der Waals surface area contributed by atoms with Crippen LogP contribution in [0.1, 0.15) is 70.1 Å². The van der Waals surface area contributed by atoms with Gasteiger partial charge >= 0.3 is 0 Å². The molecule has 4 nitrogen and oxygen atoms in total. The zero-order chi connectivity index (χ0) is 44.7. The first-order valence-electron chi connectivity index (χ1n) is 22.6. The third kappa shape index (κ3) is 9.44. The first-order valence-corrected chi connectivity index (χ1v) is 27.0. The van der Waals surface area contributed by atoms with Gasteiger partial charge in [-0.2, -0.15) is 23.0 Å². The molecule has 329 valence electrons. The summed E-state index contributed by atoms with van der Waals surface area (Å²) in [5, 5.41) is 6.57. The third-order valence-electron chi connectivity index (χ3n) is 12.1. The van der Waals surface area contributed by atoms with Crippen molar-refractivity contribution in [3.8, 4) is 39.5 Å². The van der Waals surface area contributed by atoms with Gasteiger partial charge in [-0.05, 0) is 127 Å². The number of thiophene rings is 1. The number of pyridine rings is 2. The van der Waals surface area contributed by atoms with Gasteiger partial charge in [0.25, 0.3) is 0 Å². The molecule has 4 heterocycles. The molecule has 0 N–H and O–H groups in total. The zero-order valence-electron chi connectivity index (χ0n) is 38.8. The predicted octanol–water partition coefficient (Wildman–Crippen LogP) is 15.6. The standard InChI is InChI=1S/C41H33N2S.C17H23N2Si.Ir/c1-25(2)32-22-31(27-12-6-5-7-13-27)23-33(26(3)4)40(32)43-37-17-11-10-16-36(37)42-41(43)30-18-19-38-34(21-30)35-20-28-14-8-9-15-29(28)24-39(35)44-38;1-13(2)10-15-11-16(14-6-8-18-9-7-14)19-12-17(15)20(3,4)5;/h5-17,19-26H,1-4H3;6,8-9,11-13H,10H2,1-5H3;/q2*-1;. The fourth-order valence-corrected chi connectivity index (χ4v) is 11.7. The van der Waals surface area contributed by atoms with E-state index >= 15 is 0 Å². The Labute approximate surface area is 403 Å². The van der Waals surface area contributed by atoms with Crippen molar-refractivity contribution in [2.75, 3.05) is 0 Å². The summed E-state index contributed by atoms with van der Waals surface area (Å²) in [6, 6.07) is 52.9. The first-order chi connectivity index (χ1) is 30.8. The van der Waals surface area contributed by atoms with Crippen LogP contribution in [0.5, 0.6) is 0 Å². The van der Waals surface area contributed by atoms with Crippen LogP contribution in [0, 0.1) is 18.1 Å². The molecule has 65 heavy (non-hydrogen) atoms. The molecular weight excluding hydrogens is 1010 g/mol. The van der Waals surface area contributed by atoms with Crippen molar-refractivity contribution in [2.45, 2.75) is 79.4 Å². The van der Waals surface area contributed by atoms with Crippen LogP contribution >= 0.6 is 11.3 Å². The van der Waals surface area contributed by atoms with Gasteiger partial charge in [0.05, 0.1) is 24.9 Å². The van der Waals surface area contributed by atoms with E-state index in [2.05, 4.69) is 215 Å². The molecule has 0 spiro atoms. The topological polar surface area (TPSA) is 43.6 Å². The Hall–Kier alpha value is -5.56. The van der Waals surface area contributed by atoms with Crippen LogP contribution in [-0.4, -0.2) is 27.6 Å². The summed E-state index contributed by atoms with van der Waals surface area (Å²) in [7, 11) is -1.35. The van der Waals surface area contributed by atoms with E-state index in [1.54, 1.807) is 12.4 Å². The summed E-state index contributed by atoms with van der Waals surface area (Å²) in [6.07, 6.45) is 6.70. The number of imidazole rings is 1. The van der Waals surface area contributed by atoms with Crippen LogP contribution in [0.25, 0.3) is 81.4 Å². The minimum atomic E-state index is -1.35. The molecule has 0 aliphatic carbocycles. The van der Waals surface area contributed by atoms with Gasteiger partial charge in [-0.1, -0.05) is 145 Å². The van der Waals surface area contributed by atoms with Gasteiger partial charge in [-0.25, -0.2) is 0 Å². The number of hydrogen-bond acceptors (Lipinski definition) is 4. The number of benzene rings is 6. The molecule has 0 amide bonds. The van der Waals surface area contributed by atoms with Crippen LogP contribution in [0.3, 0.4) is 0 Å². The zero-order valence-corrected chi connectivity index (χ0v) is 43.0. The molecule has 0 unspecified atom stereocenters. The molecule has 10 aromatic rings. The Balaban J connectivity index is 0.000000232. The molecule has 0 fully saturated rings. The molecule has 0 atom stereocenters. The second kappa shape index (κ2) is 19.1. The van der Waals surface area contributed by atoms with Crippen LogP contribution < -0.4 is 5.19 Å². The molecule has 7 heteroatoms. The number of fused-ring (bicyclic) bond motifs is 5. The van der Waals surface area contributed by atoms with E-state index in [9.17, 15) is 0 Å². The number of para-hydroxylation sites is 2. The number of nitrogens with zero attached hydrogens (tertiary/aromatic N) is 4. The minimum Gasteiger partial charge on any atom is -0.333 e. The largest absolute Gasteiger partial charge is 0.333 e. The normalized spacial score (nSPS) is 11.8. The number of aromatic nitrogens is 4. The SMILES string of the molecule is CC(C)Cc1cc(-c2[c-]cncc2)ncc1[Si](C)(C)C.CC(C)c1cc(-c2ccccc2)cc(C(C)C)c1-n1c(-c2[c-]cc3sc4cc5ccccc5cc4c3c2)nc2ccccc21.[Ir]. The van der Waals surface area contributed by atoms with Crippen molar-refractivity contribution in [1.82, 2.24) is 19.5 Å². The van der Waals surface area contributed by atoms with Crippen LogP contribution in [-0.2, 0) is 26.5 Å². The summed E-state index contributed by atoms with van der Waals surface area (Å²) in [5.41, 5.74) is 13.0.